The second-order valence-corrected chi connectivity index (χ2v) is 5.76. The van der Waals surface area contributed by atoms with E-state index in [2.05, 4.69) is 33.5 Å². The smallest absolute Gasteiger partial charge is 0.244 e. The van der Waals surface area contributed by atoms with E-state index in [1.54, 1.807) is 0 Å². The maximum Gasteiger partial charge on any atom is 0.244 e. The molecule has 1 aliphatic rings. The van der Waals surface area contributed by atoms with Crippen LogP contribution in [0.4, 0.5) is 5.69 Å². The van der Waals surface area contributed by atoms with Crippen LogP contribution in [0.3, 0.4) is 0 Å². The van der Waals surface area contributed by atoms with E-state index in [1.807, 2.05) is 25.1 Å². The lowest BCUT2D eigenvalue weighted by Crippen LogP contribution is -2.50. The van der Waals surface area contributed by atoms with Gasteiger partial charge < -0.3 is 10.6 Å². The van der Waals surface area contributed by atoms with Crippen LogP contribution >= 0.6 is 15.9 Å². The van der Waals surface area contributed by atoms with Gasteiger partial charge in [-0.1, -0.05) is 13.0 Å². The first-order valence-electron chi connectivity index (χ1n) is 6.40. The molecule has 0 radical (unpaired) electrons. The molecule has 98 valence electrons. The van der Waals surface area contributed by atoms with Gasteiger partial charge in [0.15, 0.2) is 0 Å². The van der Waals surface area contributed by atoms with E-state index in [0.29, 0.717) is 0 Å². The second-order valence-electron chi connectivity index (χ2n) is 4.90. The van der Waals surface area contributed by atoms with Gasteiger partial charge in [0, 0.05) is 4.47 Å². The number of carbonyl (C=O) groups is 1. The summed E-state index contributed by atoms with van der Waals surface area (Å²) >= 11 is 3.47. The van der Waals surface area contributed by atoms with Crippen LogP contribution in [0.25, 0.3) is 0 Å². The predicted octanol–water partition coefficient (Wildman–Crippen LogP) is 3.23. The zero-order valence-electron chi connectivity index (χ0n) is 10.8. The summed E-state index contributed by atoms with van der Waals surface area (Å²) in [6.07, 6.45) is 2.80. The number of hydrogen-bond donors (Lipinski definition) is 2. The Morgan fingerprint density at radius 2 is 2.33 bits per heavy atom. The minimum atomic E-state index is -0.386. The molecular formula is C14H19BrN2O. The van der Waals surface area contributed by atoms with Gasteiger partial charge in [0.05, 0.1) is 11.2 Å². The van der Waals surface area contributed by atoms with Gasteiger partial charge in [-0.3, -0.25) is 4.79 Å². The first-order valence-corrected chi connectivity index (χ1v) is 7.19. The highest BCUT2D eigenvalue weighted by molar-refractivity contribution is 9.10. The molecule has 0 saturated carbocycles. The lowest BCUT2D eigenvalue weighted by Gasteiger charge is -2.27. The Balaban J connectivity index is 2.18. The number of carbonyl (C=O) groups excluding carboxylic acids is 1. The molecule has 2 rings (SSSR count). The molecule has 1 aromatic carbocycles. The van der Waals surface area contributed by atoms with Crippen molar-refractivity contribution in [1.29, 1.82) is 0 Å². The quantitative estimate of drug-likeness (QED) is 0.900. The Morgan fingerprint density at radius 1 is 1.56 bits per heavy atom. The Kier molecular flexibility index (Phi) is 4.07. The van der Waals surface area contributed by atoms with Gasteiger partial charge in [0.1, 0.15) is 0 Å². The standard InChI is InChI=1S/C14H19BrN2O/c1-3-14(7-4-8-16-14)13(18)17-12-9-10(2)5-6-11(12)15/h5-6,9,16H,3-4,7-8H2,1-2H3,(H,17,18). The van der Waals surface area contributed by atoms with E-state index in [-0.39, 0.29) is 11.4 Å². The van der Waals surface area contributed by atoms with Gasteiger partial charge in [-0.2, -0.15) is 0 Å². The van der Waals surface area contributed by atoms with Gasteiger partial charge in [-0.05, 0) is 66.4 Å². The van der Waals surface area contributed by atoms with Crippen molar-refractivity contribution in [3.8, 4) is 0 Å². The maximum atomic E-state index is 12.4. The summed E-state index contributed by atoms with van der Waals surface area (Å²) < 4.78 is 0.922. The highest BCUT2D eigenvalue weighted by Crippen LogP contribution is 2.28. The zero-order valence-corrected chi connectivity index (χ0v) is 12.4. The fourth-order valence-corrected chi connectivity index (χ4v) is 2.78. The van der Waals surface area contributed by atoms with Crippen LogP contribution in [0, 0.1) is 6.92 Å². The molecule has 0 aliphatic carbocycles. The average Bonchev–Trinajstić information content (AvgIpc) is 2.84. The summed E-state index contributed by atoms with van der Waals surface area (Å²) in [5.41, 5.74) is 1.60. The van der Waals surface area contributed by atoms with Crippen molar-refractivity contribution in [2.24, 2.45) is 0 Å². The minimum absolute atomic E-state index is 0.0776. The minimum Gasteiger partial charge on any atom is -0.323 e. The monoisotopic (exact) mass is 310 g/mol. The number of nitrogens with one attached hydrogen (secondary N) is 2. The van der Waals surface area contributed by atoms with Gasteiger partial charge in [0.2, 0.25) is 5.91 Å². The number of hydrogen-bond acceptors (Lipinski definition) is 2. The van der Waals surface area contributed by atoms with E-state index in [0.717, 1.165) is 41.5 Å². The summed E-state index contributed by atoms with van der Waals surface area (Å²) in [5.74, 6) is 0.0776. The predicted molar refractivity (Wildman–Crippen MR) is 77.8 cm³/mol. The molecule has 1 saturated heterocycles. The number of benzene rings is 1. The first-order chi connectivity index (χ1) is 8.57. The topological polar surface area (TPSA) is 41.1 Å². The zero-order chi connectivity index (χ0) is 13.2. The summed E-state index contributed by atoms with van der Waals surface area (Å²) in [6, 6.07) is 5.97. The fourth-order valence-electron chi connectivity index (χ4n) is 2.44. The molecule has 0 aromatic heterocycles. The van der Waals surface area contributed by atoms with Crippen LogP contribution in [-0.2, 0) is 4.79 Å². The van der Waals surface area contributed by atoms with Crippen molar-refractivity contribution in [3.63, 3.8) is 0 Å². The highest BCUT2D eigenvalue weighted by Gasteiger charge is 2.39. The fraction of sp³-hybridized carbons (Fsp3) is 0.500. The Hall–Kier alpha value is -0.870. The summed E-state index contributed by atoms with van der Waals surface area (Å²) in [7, 11) is 0. The molecule has 18 heavy (non-hydrogen) atoms. The van der Waals surface area contributed by atoms with Crippen LogP contribution in [0.1, 0.15) is 31.7 Å². The van der Waals surface area contributed by atoms with Crippen molar-refractivity contribution in [2.45, 2.75) is 38.6 Å². The van der Waals surface area contributed by atoms with Crippen LogP contribution < -0.4 is 10.6 Å². The Labute approximate surface area is 116 Å². The number of aryl methyl sites for hydroxylation is 1. The molecule has 1 unspecified atom stereocenters. The van der Waals surface area contributed by atoms with Crippen LogP contribution in [0.15, 0.2) is 22.7 Å². The summed E-state index contributed by atoms with van der Waals surface area (Å²) in [5, 5.41) is 6.38. The van der Waals surface area contributed by atoms with Gasteiger partial charge in [-0.25, -0.2) is 0 Å². The number of anilines is 1. The largest absolute Gasteiger partial charge is 0.323 e. The van der Waals surface area contributed by atoms with E-state index in [4.69, 9.17) is 0 Å². The van der Waals surface area contributed by atoms with E-state index in [1.165, 1.54) is 0 Å². The molecule has 4 heteroatoms. The average molecular weight is 311 g/mol. The van der Waals surface area contributed by atoms with Gasteiger partial charge >= 0.3 is 0 Å². The lowest BCUT2D eigenvalue weighted by molar-refractivity contribution is -0.122. The molecule has 3 nitrogen and oxygen atoms in total. The maximum absolute atomic E-state index is 12.4. The Morgan fingerprint density at radius 3 is 2.94 bits per heavy atom. The molecule has 1 atom stereocenters. The third-order valence-corrected chi connectivity index (χ3v) is 4.34. The number of halogens is 1. The normalized spacial score (nSPS) is 23.1. The first kappa shape index (κ1) is 13.6. The van der Waals surface area contributed by atoms with Crippen molar-refractivity contribution in [1.82, 2.24) is 5.32 Å². The summed E-state index contributed by atoms with van der Waals surface area (Å²) in [4.78, 5) is 12.4. The molecule has 1 fully saturated rings. The summed E-state index contributed by atoms with van der Waals surface area (Å²) in [6.45, 7) is 5.00. The van der Waals surface area contributed by atoms with Crippen molar-refractivity contribution < 1.29 is 4.79 Å². The van der Waals surface area contributed by atoms with E-state index >= 15 is 0 Å². The molecule has 1 heterocycles. The molecule has 0 spiro atoms. The second kappa shape index (κ2) is 5.41. The van der Waals surface area contributed by atoms with Crippen LogP contribution in [0.5, 0.6) is 0 Å². The number of amides is 1. The molecule has 2 N–H and O–H groups in total. The van der Waals surface area contributed by atoms with Gasteiger partial charge in [0.25, 0.3) is 0 Å². The van der Waals surface area contributed by atoms with Gasteiger partial charge in [-0.15, -0.1) is 0 Å². The van der Waals surface area contributed by atoms with Crippen molar-refractivity contribution >= 4 is 27.5 Å². The molecule has 1 amide bonds. The molecule has 1 aliphatic heterocycles. The Bertz CT molecular complexity index is 453. The SMILES string of the molecule is CCC1(C(=O)Nc2cc(C)ccc2Br)CCCN1. The highest BCUT2D eigenvalue weighted by atomic mass is 79.9. The lowest BCUT2D eigenvalue weighted by atomic mass is 9.93. The van der Waals surface area contributed by atoms with Crippen LogP contribution in [0.2, 0.25) is 0 Å². The van der Waals surface area contributed by atoms with Crippen molar-refractivity contribution in [2.75, 3.05) is 11.9 Å². The third kappa shape index (κ3) is 2.59. The van der Waals surface area contributed by atoms with Crippen molar-refractivity contribution in [3.05, 3.63) is 28.2 Å². The number of rotatable bonds is 3. The molecule has 0 bridgehead atoms. The molecular weight excluding hydrogens is 292 g/mol. The van der Waals surface area contributed by atoms with E-state index in [9.17, 15) is 4.79 Å². The van der Waals surface area contributed by atoms with Crippen LogP contribution in [-0.4, -0.2) is 18.0 Å². The molecule has 1 aromatic rings. The third-order valence-electron chi connectivity index (χ3n) is 3.65. The van der Waals surface area contributed by atoms with E-state index < -0.39 is 0 Å².